The Labute approximate surface area is 110 Å². The zero-order chi connectivity index (χ0) is 13.9. The summed E-state index contributed by atoms with van der Waals surface area (Å²) in [5, 5.41) is 0. The van der Waals surface area contributed by atoms with Gasteiger partial charge in [0.25, 0.3) is 0 Å². The van der Waals surface area contributed by atoms with Crippen molar-refractivity contribution in [2.24, 2.45) is 0 Å². The van der Waals surface area contributed by atoms with Crippen LogP contribution in [0.3, 0.4) is 0 Å². The molecule has 106 valence electrons. The van der Waals surface area contributed by atoms with Crippen molar-refractivity contribution < 1.29 is 22.3 Å². The van der Waals surface area contributed by atoms with Crippen LogP contribution in [0.2, 0.25) is 0 Å². The predicted molar refractivity (Wildman–Crippen MR) is 66.6 cm³/mol. The first kappa shape index (κ1) is 14.2. The number of sulfonamides is 1. The van der Waals surface area contributed by atoms with Crippen molar-refractivity contribution in [3.63, 3.8) is 0 Å². The van der Waals surface area contributed by atoms with Crippen molar-refractivity contribution in [2.75, 3.05) is 32.1 Å². The number of benzene rings is 1. The Morgan fingerprint density at radius 2 is 2.16 bits per heavy atom. The molecule has 1 saturated heterocycles. The first-order valence-corrected chi connectivity index (χ1v) is 7.21. The second kappa shape index (κ2) is 5.83. The molecule has 0 aromatic heterocycles. The third-order valence-corrected chi connectivity index (χ3v) is 3.99. The van der Waals surface area contributed by atoms with Gasteiger partial charge < -0.3 is 15.2 Å². The molecule has 0 bridgehead atoms. The van der Waals surface area contributed by atoms with E-state index in [1.54, 1.807) is 0 Å². The van der Waals surface area contributed by atoms with Crippen LogP contribution in [0.1, 0.15) is 0 Å². The summed E-state index contributed by atoms with van der Waals surface area (Å²) in [5.41, 5.74) is 5.47. The van der Waals surface area contributed by atoms with Crippen LogP contribution in [0.15, 0.2) is 23.1 Å². The van der Waals surface area contributed by atoms with Gasteiger partial charge in [0.15, 0.2) is 0 Å². The minimum absolute atomic E-state index is 0.0534. The normalized spacial score (nSPS) is 20.4. The molecule has 1 heterocycles. The Bertz CT molecular complexity index is 523. The van der Waals surface area contributed by atoms with Gasteiger partial charge in [-0.2, -0.15) is 0 Å². The second-order valence-electron chi connectivity index (χ2n) is 4.14. The van der Waals surface area contributed by atoms with Crippen molar-refractivity contribution in [3.05, 3.63) is 24.0 Å². The monoisotopic (exact) mass is 290 g/mol. The van der Waals surface area contributed by atoms with E-state index in [1.807, 2.05) is 0 Å². The maximum Gasteiger partial charge on any atom is 0.240 e. The van der Waals surface area contributed by atoms with Crippen molar-refractivity contribution in [1.29, 1.82) is 0 Å². The fourth-order valence-corrected chi connectivity index (χ4v) is 2.81. The van der Waals surface area contributed by atoms with Crippen LogP contribution < -0.4 is 10.5 Å². The fourth-order valence-electron chi connectivity index (χ4n) is 1.68. The van der Waals surface area contributed by atoms with E-state index in [2.05, 4.69) is 4.72 Å². The van der Waals surface area contributed by atoms with Crippen LogP contribution in [0.4, 0.5) is 10.1 Å². The summed E-state index contributed by atoms with van der Waals surface area (Å²) in [6, 6.07) is 3.16. The molecule has 1 atom stereocenters. The first-order valence-electron chi connectivity index (χ1n) is 5.72. The molecule has 2 rings (SSSR count). The summed E-state index contributed by atoms with van der Waals surface area (Å²) in [4.78, 5) is -0.207. The third-order valence-electron chi connectivity index (χ3n) is 2.59. The average molecular weight is 290 g/mol. The van der Waals surface area contributed by atoms with Crippen molar-refractivity contribution in [1.82, 2.24) is 4.72 Å². The number of halogens is 1. The Hall–Kier alpha value is -1.22. The summed E-state index contributed by atoms with van der Waals surface area (Å²) in [6.07, 6.45) is -0.338. The molecular formula is C11H15FN2O4S. The van der Waals surface area contributed by atoms with Gasteiger partial charge in [0.05, 0.1) is 30.8 Å². The molecule has 1 aromatic carbocycles. The fraction of sp³-hybridized carbons (Fsp3) is 0.455. The number of hydrogen-bond acceptors (Lipinski definition) is 5. The van der Waals surface area contributed by atoms with Crippen LogP contribution in [0.5, 0.6) is 0 Å². The van der Waals surface area contributed by atoms with E-state index >= 15 is 0 Å². The van der Waals surface area contributed by atoms with E-state index in [-0.39, 0.29) is 23.2 Å². The Morgan fingerprint density at radius 3 is 2.79 bits per heavy atom. The molecule has 1 aliphatic rings. The van der Waals surface area contributed by atoms with Gasteiger partial charge in [0.2, 0.25) is 10.0 Å². The summed E-state index contributed by atoms with van der Waals surface area (Å²) < 4.78 is 49.8. The van der Waals surface area contributed by atoms with Crippen molar-refractivity contribution >= 4 is 15.7 Å². The zero-order valence-electron chi connectivity index (χ0n) is 10.1. The van der Waals surface area contributed by atoms with E-state index in [9.17, 15) is 12.8 Å². The van der Waals surface area contributed by atoms with E-state index in [4.69, 9.17) is 15.2 Å². The standard InChI is InChI=1S/C11H15FN2O4S/c12-8-3-9(13)5-11(4-8)19(15,16)14-6-10-7-17-1-2-18-10/h3-5,10,14H,1-2,6-7,13H2. The molecule has 1 aliphatic heterocycles. The summed E-state index contributed by atoms with van der Waals surface area (Å²) >= 11 is 0. The minimum Gasteiger partial charge on any atom is -0.399 e. The maximum absolute atomic E-state index is 13.1. The highest BCUT2D eigenvalue weighted by Gasteiger charge is 2.20. The molecule has 0 spiro atoms. The van der Waals surface area contributed by atoms with Crippen LogP contribution in [-0.4, -0.2) is 40.9 Å². The van der Waals surface area contributed by atoms with Crippen molar-refractivity contribution in [3.8, 4) is 0 Å². The summed E-state index contributed by atoms with van der Waals surface area (Å²) in [7, 11) is -3.81. The van der Waals surface area contributed by atoms with E-state index in [0.29, 0.717) is 19.8 Å². The Balaban J connectivity index is 2.04. The van der Waals surface area contributed by atoms with Gasteiger partial charge >= 0.3 is 0 Å². The molecule has 0 saturated carbocycles. The van der Waals surface area contributed by atoms with E-state index < -0.39 is 15.8 Å². The predicted octanol–water partition coefficient (Wildman–Crippen LogP) is 0.102. The van der Waals surface area contributed by atoms with E-state index in [0.717, 1.165) is 12.1 Å². The topological polar surface area (TPSA) is 90.7 Å². The minimum atomic E-state index is -3.81. The molecule has 0 amide bonds. The lowest BCUT2D eigenvalue weighted by molar-refractivity contribution is -0.0846. The Morgan fingerprint density at radius 1 is 1.37 bits per heavy atom. The molecular weight excluding hydrogens is 275 g/mol. The highest BCUT2D eigenvalue weighted by Crippen LogP contribution is 2.15. The molecule has 3 N–H and O–H groups in total. The van der Waals surface area contributed by atoms with Gasteiger partial charge in [-0.3, -0.25) is 0 Å². The molecule has 6 nitrogen and oxygen atoms in total. The average Bonchev–Trinajstić information content (AvgIpc) is 2.37. The molecule has 0 aliphatic carbocycles. The molecule has 1 aromatic rings. The quantitative estimate of drug-likeness (QED) is 0.768. The number of nitrogen functional groups attached to an aromatic ring is 1. The van der Waals surface area contributed by atoms with Crippen LogP contribution in [0.25, 0.3) is 0 Å². The van der Waals surface area contributed by atoms with E-state index in [1.165, 1.54) is 6.07 Å². The van der Waals surface area contributed by atoms with Crippen LogP contribution in [-0.2, 0) is 19.5 Å². The summed E-state index contributed by atoms with van der Waals surface area (Å²) in [5.74, 6) is -0.697. The van der Waals surface area contributed by atoms with Gasteiger partial charge in [-0.1, -0.05) is 0 Å². The number of nitrogens with one attached hydrogen (secondary N) is 1. The van der Waals surface area contributed by atoms with Gasteiger partial charge in [-0.15, -0.1) is 0 Å². The molecule has 1 fully saturated rings. The maximum atomic E-state index is 13.1. The molecule has 0 radical (unpaired) electrons. The van der Waals surface area contributed by atoms with Crippen LogP contribution in [0, 0.1) is 5.82 Å². The highest BCUT2D eigenvalue weighted by atomic mass is 32.2. The highest BCUT2D eigenvalue weighted by molar-refractivity contribution is 7.89. The number of rotatable bonds is 4. The van der Waals surface area contributed by atoms with Gasteiger partial charge in [-0.25, -0.2) is 17.5 Å². The molecule has 19 heavy (non-hydrogen) atoms. The molecule has 8 heteroatoms. The largest absolute Gasteiger partial charge is 0.399 e. The lowest BCUT2D eigenvalue weighted by Gasteiger charge is -2.23. The van der Waals surface area contributed by atoms with Gasteiger partial charge in [0.1, 0.15) is 5.82 Å². The SMILES string of the molecule is Nc1cc(F)cc(S(=O)(=O)NCC2COCCO2)c1. The second-order valence-corrected chi connectivity index (χ2v) is 5.91. The number of hydrogen-bond donors (Lipinski definition) is 2. The number of ether oxygens (including phenoxy) is 2. The van der Waals surface area contributed by atoms with Gasteiger partial charge in [-0.05, 0) is 18.2 Å². The Kier molecular flexibility index (Phi) is 4.35. The first-order chi connectivity index (χ1) is 8.97. The third kappa shape index (κ3) is 3.87. The lowest BCUT2D eigenvalue weighted by Crippen LogP contribution is -2.39. The lowest BCUT2D eigenvalue weighted by atomic mass is 10.3. The molecule has 1 unspecified atom stereocenters. The van der Waals surface area contributed by atoms with Crippen molar-refractivity contribution in [2.45, 2.75) is 11.0 Å². The van der Waals surface area contributed by atoms with Gasteiger partial charge in [0, 0.05) is 12.2 Å². The van der Waals surface area contributed by atoms with Crippen LogP contribution >= 0.6 is 0 Å². The number of nitrogens with two attached hydrogens (primary N) is 1. The number of anilines is 1. The zero-order valence-corrected chi connectivity index (χ0v) is 11.0. The smallest absolute Gasteiger partial charge is 0.240 e. The summed E-state index contributed by atoms with van der Waals surface area (Å²) in [6.45, 7) is 1.33.